The van der Waals surface area contributed by atoms with Crippen molar-refractivity contribution in [3.05, 3.63) is 126 Å². The van der Waals surface area contributed by atoms with E-state index >= 15 is 0 Å². The zero-order chi connectivity index (χ0) is 35.8. The van der Waals surface area contributed by atoms with E-state index in [1.165, 1.54) is 0 Å². The second-order valence-corrected chi connectivity index (χ2v) is 13.8. The van der Waals surface area contributed by atoms with E-state index in [0.717, 1.165) is 16.7 Å². The van der Waals surface area contributed by atoms with Crippen LogP contribution < -0.4 is 16.4 Å². The Balaban J connectivity index is 1.76. The third-order valence-corrected chi connectivity index (χ3v) is 8.28. The number of nitrogens with zero attached hydrogens (tertiary/aromatic N) is 2. The molecule has 4 atom stereocenters. The molecule has 5 N–H and O–H groups in total. The monoisotopic (exact) mass is 667 g/mol. The molecular weight excluding hydrogens is 618 g/mol. The molecule has 0 fully saturated rings. The van der Waals surface area contributed by atoms with Crippen LogP contribution in [0.15, 0.2) is 104 Å². The topological polar surface area (TPSA) is 149 Å². The minimum absolute atomic E-state index is 0.0196. The smallest absolute Gasteiger partial charge is 0.328 e. The zero-order valence-electron chi connectivity index (χ0n) is 29.2. The molecule has 0 radical (unpaired) electrons. The predicted octanol–water partition coefficient (Wildman–Crippen LogP) is 4.90. The lowest BCUT2D eigenvalue weighted by Gasteiger charge is -2.37. The van der Waals surface area contributed by atoms with E-state index < -0.39 is 53.2 Å². The number of hydrogen-bond donors (Lipinski definition) is 4. The van der Waals surface area contributed by atoms with Crippen molar-refractivity contribution < 1.29 is 24.2 Å². The van der Waals surface area contributed by atoms with Crippen LogP contribution in [0.5, 0.6) is 0 Å². The quantitative estimate of drug-likeness (QED) is 0.132. The van der Waals surface area contributed by atoms with Gasteiger partial charge in [0.15, 0.2) is 6.04 Å². The molecule has 4 aromatic rings. The first-order valence-electron chi connectivity index (χ1n) is 16.7. The number of aromatic nitrogens is 2. The maximum atomic E-state index is 13.9. The number of carbonyl (C=O) groups is 3. The van der Waals surface area contributed by atoms with Crippen LogP contribution in [0.25, 0.3) is 0 Å². The lowest BCUT2D eigenvalue weighted by atomic mass is 9.77. The molecule has 0 aliphatic rings. The van der Waals surface area contributed by atoms with Gasteiger partial charge >= 0.3 is 5.97 Å². The summed E-state index contributed by atoms with van der Waals surface area (Å²) >= 11 is 0. The standard InChI is InChI=1S/C39H49N5O5/c1-26(2)22-32(40)35(45)42-33(36(46)43-34(37(47)48)27(3)49-38(4,5)6)23-31-24-44(25-41-31)39(28-16-10-7-11-17-28,29-18-12-8-13-19-29)30-20-14-9-15-21-30/h7-21,24-27,32-34H,22-23,40H2,1-6H3,(H,42,45)(H,43,46)(H,47,48)/t27-,32+,33+,34+/m1/s1. The third-order valence-electron chi connectivity index (χ3n) is 8.28. The Morgan fingerprint density at radius 1 is 0.816 bits per heavy atom. The summed E-state index contributed by atoms with van der Waals surface area (Å²) in [6, 6.07) is 26.9. The molecule has 260 valence electrons. The van der Waals surface area contributed by atoms with Gasteiger partial charge in [-0.15, -0.1) is 0 Å². The normalized spacial score (nSPS) is 14.4. The van der Waals surface area contributed by atoms with Gasteiger partial charge in [0.05, 0.1) is 29.8 Å². The van der Waals surface area contributed by atoms with Gasteiger partial charge in [0.25, 0.3) is 0 Å². The van der Waals surface area contributed by atoms with Crippen LogP contribution in [0.3, 0.4) is 0 Å². The highest BCUT2D eigenvalue weighted by atomic mass is 16.5. The Labute approximate surface area is 289 Å². The minimum atomic E-state index is -1.37. The summed E-state index contributed by atoms with van der Waals surface area (Å²) in [5.74, 6) is -2.30. The van der Waals surface area contributed by atoms with Crippen molar-refractivity contribution in [1.82, 2.24) is 20.2 Å². The van der Waals surface area contributed by atoms with Gasteiger partial charge in [-0.2, -0.15) is 0 Å². The van der Waals surface area contributed by atoms with E-state index in [2.05, 4.69) is 47.0 Å². The molecule has 49 heavy (non-hydrogen) atoms. The highest BCUT2D eigenvalue weighted by molar-refractivity contribution is 5.92. The van der Waals surface area contributed by atoms with E-state index in [4.69, 9.17) is 15.5 Å². The lowest BCUT2D eigenvalue weighted by molar-refractivity contribution is -0.150. The van der Waals surface area contributed by atoms with Crippen molar-refractivity contribution in [2.24, 2.45) is 11.7 Å². The van der Waals surface area contributed by atoms with Crippen LogP contribution in [0.4, 0.5) is 0 Å². The van der Waals surface area contributed by atoms with E-state index in [-0.39, 0.29) is 12.3 Å². The second kappa shape index (κ2) is 16.1. The first kappa shape index (κ1) is 37.0. The van der Waals surface area contributed by atoms with Gasteiger partial charge in [0.2, 0.25) is 11.8 Å². The van der Waals surface area contributed by atoms with Gasteiger partial charge in [0.1, 0.15) is 11.6 Å². The molecule has 0 unspecified atom stereocenters. The molecule has 10 heteroatoms. The predicted molar refractivity (Wildman–Crippen MR) is 190 cm³/mol. The van der Waals surface area contributed by atoms with Crippen LogP contribution in [0.2, 0.25) is 0 Å². The van der Waals surface area contributed by atoms with Crippen molar-refractivity contribution in [3.8, 4) is 0 Å². The Morgan fingerprint density at radius 2 is 1.31 bits per heavy atom. The van der Waals surface area contributed by atoms with Gasteiger partial charge in [-0.05, 0) is 56.7 Å². The van der Waals surface area contributed by atoms with Crippen LogP contribution in [0, 0.1) is 5.92 Å². The third kappa shape index (κ3) is 9.22. The van der Waals surface area contributed by atoms with E-state index in [0.29, 0.717) is 12.1 Å². The number of amides is 2. The first-order valence-corrected chi connectivity index (χ1v) is 16.7. The average Bonchev–Trinajstić information content (AvgIpc) is 3.52. The van der Waals surface area contributed by atoms with E-state index in [1.807, 2.05) is 79.2 Å². The van der Waals surface area contributed by atoms with Gasteiger partial charge in [-0.1, -0.05) is 105 Å². The number of hydrogen-bond acceptors (Lipinski definition) is 6. The summed E-state index contributed by atoms with van der Waals surface area (Å²) in [5.41, 5.74) is 8.22. The lowest BCUT2D eigenvalue weighted by Crippen LogP contribution is -2.58. The summed E-state index contributed by atoms with van der Waals surface area (Å²) < 4.78 is 7.89. The SMILES string of the molecule is CC(C)C[C@H](N)C(=O)N[C@@H](Cc1cn(C(c2ccccc2)(c2ccccc2)c2ccccc2)cn1)C(=O)N[C@H](C(=O)O)[C@@H](C)OC(C)(C)C. The molecule has 0 aliphatic heterocycles. The number of aliphatic carboxylic acids is 1. The zero-order valence-corrected chi connectivity index (χ0v) is 29.2. The summed E-state index contributed by atoms with van der Waals surface area (Å²) in [5, 5.41) is 15.4. The number of nitrogens with one attached hydrogen (secondary N) is 2. The summed E-state index contributed by atoms with van der Waals surface area (Å²) in [7, 11) is 0. The molecule has 0 bridgehead atoms. The maximum absolute atomic E-state index is 13.9. The molecule has 10 nitrogen and oxygen atoms in total. The summed E-state index contributed by atoms with van der Waals surface area (Å²) in [4.78, 5) is 44.2. The number of nitrogens with two attached hydrogens (primary N) is 1. The Kier molecular flexibility index (Phi) is 12.1. The fraction of sp³-hybridized carbons (Fsp3) is 0.385. The maximum Gasteiger partial charge on any atom is 0.328 e. The fourth-order valence-corrected chi connectivity index (χ4v) is 6.21. The van der Waals surface area contributed by atoms with Crippen LogP contribution in [-0.4, -0.2) is 62.3 Å². The Bertz CT molecular complexity index is 1570. The number of imidazole rings is 1. The molecule has 1 aromatic heterocycles. The van der Waals surface area contributed by atoms with E-state index in [9.17, 15) is 19.5 Å². The molecule has 1 heterocycles. The Hall–Kier alpha value is -4.80. The fourth-order valence-electron chi connectivity index (χ4n) is 6.21. The molecule has 4 rings (SSSR count). The van der Waals surface area contributed by atoms with Crippen molar-refractivity contribution in [1.29, 1.82) is 0 Å². The van der Waals surface area contributed by atoms with Gasteiger partial charge in [-0.3, -0.25) is 9.59 Å². The highest BCUT2D eigenvalue weighted by Crippen LogP contribution is 2.40. The number of carbonyl (C=O) groups excluding carboxylic acids is 2. The van der Waals surface area contributed by atoms with E-state index in [1.54, 1.807) is 34.0 Å². The van der Waals surface area contributed by atoms with Crippen molar-refractivity contribution >= 4 is 17.8 Å². The van der Waals surface area contributed by atoms with Gasteiger partial charge < -0.3 is 30.8 Å². The first-order chi connectivity index (χ1) is 23.2. The number of carboxylic acid groups (broad SMARTS) is 1. The molecular formula is C39H49N5O5. The van der Waals surface area contributed by atoms with Gasteiger partial charge in [-0.25, -0.2) is 9.78 Å². The second-order valence-electron chi connectivity index (χ2n) is 13.8. The van der Waals surface area contributed by atoms with Crippen LogP contribution >= 0.6 is 0 Å². The molecule has 2 amide bonds. The minimum Gasteiger partial charge on any atom is -0.480 e. The Morgan fingerprint density at radius 3 is 1.73 bits per heavy atom. The summed E-state index contributed by atoms with van der Waals surface area (Å²) in [6.45, 7) is 10.9. The van der Waals surface area contributed by atoms with Crippen molar-refractivity contribution in [3.63, 3.8) is 0 Å². The van der Waals surface area contributed by atoms with Crippen molar-refractivity contribution in [2.75, 3.05) is 0 Å². The number of rotatable bonds is 15. The van der Waals surface area contributed by atoms with Crippen LogP contribution in [0.1, 0.15) is 70.3 Å². The van der Waals surface area contributed by atoms with Crippen molar-refractivity contribution in [2.45, 2.75) is 89.8 Å². The molecule has 0 spiro atoms. The van der Waals surface area contributed by atoms with Gasteiger partial charge in [0, 0.05) is 12.6 Å². The average molecular weight is 668 g/mol. The molecule has 0 saturated carbocycles. The number of benzene rings is 3. The number of carboxylic acids is 1. The number of ether oxygens (including phenoxy) is 1. The largest absolute Gasteiger partial charge is 0.480 e. The molecule has 3 aromatic carbocycles. The van der Waals surface area contributed by atoms with Crippen LogP contribution in [-0.2, 0) is 31.1 Å². The molecule has 0 aliphatic carbocycles. The summed E-state index contributed by atoms with van der Waals surface area (Å²) in [6.07, 6.45) is 3.13. The highest BCUT2D eigenvalue weighted by Gasteiger charge is 2.39. The molecule has 0 saturated heterocycles.